The van der Waals surface area contributed by atoms with Crippen LogP contribution in [0.15, 0.2) is 47.3 Å². The number of benzene rings is 2. The number of aryl methyl sites for hydroxylation is 3. The van der Waals surface area contributed by atoms with Crippen LogP contribution >= 0.6 is 0 Å². The molecule has 2 aromatic carbocycles. The Bertz CT molecular complexity index is 1290. The second-order valence-corrected chi connectivity index (χ2v) is 6.74. The van der Waals surface area contributed by atoms with Gasteiger partial charge in [0.15, 0.2) is 11.3 Å². The minimum absolute atomic E-state index is 0.0901. The van der Waals surface area contributed by atoms with E-state index in [4.69, 9.17) is 5.11 Å². The number of rotatable bonds is 4. The largest absolute Gasteiger partial charge is 0.481 e. The summed E-state index contributed by atoms with van der Waals surface area (Å²) in [5.74, 6) is -0.472. The Morgan fingerprint density at radius 3 is 2.61 bits per heavy atom. The maximum absolute atomic E-state index is 12.7. The topological polar surface area (TPSA) is 97.5 Å². The molecule has 0 saturated heterocycles. The van der Waals surface area contributed by atoms with E-state index in [1.54, 1.807) is 0 Å². The van der Waals surface area contributed by atoms with Crippen molar-refractivity contribution in [2.24, 2.45) is 0 Å². The third-order valence-corrected chi connectivity index (χ3v) is 4.79. The first-order chi connectivity index (χ1) is 13.4. The van der Waals surface area contributed by atoms with Gasteiger partial charge >= 0.3 is 5.97 Å². The maximum atomic E-state index is 12.7. The summed E-state index contributed by atoms with van der Waals surface area (Å²) in [4.78, 5) is 32.7. The van der Waals surface area contributed by atoms with E-state index < -0.39 is 11.5 Å². The quantitative estimate of drug-likeness (QED) is 0.552. The highest BCUT2D eigenvalue weighted by Gasteiger charge is 2.15. The van der Waals surface area contributed by atoms with Crippen molar-refractivity contribution in [3.63, 3.8) is 0 Å². The first kappa shape index (κ1) is 17.8. The lowest BCUT2D eigenvalue weighted by Gasteiger charge is -2.11. The van der Waals surface area contributed by atoms with E-state index in [-0.39, 0.29) is 18.5 Å². The van der Waals surface area contributed by atoms with Crippen LogP contribution in [0.5, 0.6) is 0 Å². The van der Waals surface area contributed by atoms with Gasteiger partial charge in [-0.2, -0.15) is 14.6 Å². The van der Waals surface area contributed by atoms with Crippen LogP contribution in [0.4, 0.5) is 0 Å². The maximum Gasteiger partial charge on any atom is 0.303 e. The molecule has 0 spiro atoms. The van der Waals surface area contributed by atoms with E-state index in [1.165, 1.54) is 4.52 Å². The molecule has 7 heteroatoms. The third kappa shape index (κ3) is 3.11. The minimum atomic E-state index is -0.925. The molecule has 140 valence electrons. The van der Waals surface area contributed by atoms with Gasteiger partial charge in [-0.15, -0.1) is 0 Å². The molecule has 0 fully saturated rings. The van der Waals surface area contributed by atoms with Gasteiger partial charge in [-0.25, -0.2) is 4.98 Å². The van der Waals surface area contributed by atoms with Gasteiger partial charge in [0, 0.05) is 17.4 Å². The number of aliphatic carboxylic acids is 1. The van der Waals surface area contributed by atoms with Crippen LogP contribution in [0.2, 0.25) is 0 Å². The predicted octanol–water partition coefficient (Wildman–Crippen LogP) is 2.94. The van der Waals surface area contributed by atoms with Crippen LogP contribution in [0.25, 0.3) is 27.8 Å². The number of carboxylic acids is 1. The highest BCUT2D eigenvalue weighted by Crippen LogP contribution is 2.21. The lowest BCUT2D eigenvalue weighted by Crippen LogP contribution is -2.19. The monoisotopic (exact) mass is 374 g/mol. The van der Waals surface area contributed by atoms with E-state index in [9.17, 15) is 9.59 Å². The van der Waals surface area contributed by atoms with Crippen LogP contribution < -0.4 is 5.56 Å². The minimum Gasteiger partial charge on any atom is -0.481 e. The van der Waals surface area contributed by atoms with Gasteiger partial charge in [0.2, 0.25) is 0 Å². The molecule has 4 rings (SSSR count). The Kier molecular flexibility index (Phi) is 4.35. The van der Waals surface area contributed by atoms with Crippen LogP contribution in [-0.2, 0) is 11.2 Å². The van der Waals surface area contributed by atoms with E-state index in [0.29, 0.717) is 27.9 Å². The van der Waals surface area contributed by atoms with E-state index in [0.717, 1.165) is 11.1 Å². The summed E-state index contributed by atoms with van der Waals surface area (Å²) < 4.78 is 1.50. The molecule has 0 aliphatic heterocycles. The van der Waals surface area contributed by atoms with Crippen molar-refractivity contribution in [2.75, 3.05) is 0 Å². The Hall–Kier alpha value is -3.61. The Labute approximate surface area is 160 Å². The first-order valence-electron chi connectivity index (χ1n) is 8.92. The third-order valence-electron chi connectivity index (χ3n) is 4.79. The average Bonchev–Trinajstić information content (AvgIpc) is 2.68. The zero-order valence-corrected chi connectivity index (χ0v) is 15.5. The van der Waals surface area contributed by atoms with Crippen LogP contribution in [0, 0.1) is 13.8 Å². The summed E-state index contributed by atoms with van der Waals surface area (Å²) >= 11 is 0. The van der Waals surface area contributed by atoms with Crippen molar-refractivity contribution < 1.29 is 9.90 Å². The number of para-hydroxylation sites is 1. The Balaban J connectivity index is 2.01. The summed E-state index contributed by atoms with van der Waals surface area (Å²) in [6.07, 6.45) is 0.0911. The van der Waals surface area contributed by atoms with Crippen molar-refractivity contribution in [1.29, 1.82) is 0 Å². The average molecular weight is 374 g/mol. The van der Waals surface area contributed by atoms with Crippen molar-refractivity contribution in [2.45, 2.75) is 26.7 Å². The molecule has 7 nitrogen and oxygen atoms in total. The fourth-order valence-corrected chi connectivity index (χ4v) is 3.14. The number of carboxylic acid groups (broad SMARTS) is 1. The summed E-state index contributed by atoms with van der Waals surface area (Å²) in [7, 11) is 0. The molecule has 0 aliphatic carbocycles. The van der Waals surface area contributed by atoms with Gasteiger partial charge in [-0.05, 0) is 43.2 Å². The Morgan fingerprint density at radius 2 is 1.86 bits per heavy atom. The lowest BCUT2D eigenvalue weighted by molar-refractivity contribution is -0.137. The molecule has 0 amide bonds. The van der Waals surface area contributed by atoms with E-state index in [1.807, 2.05) is 56.3 Å². The van der Waals surface area contributed by atoms with Gasteiger partial charge in [0.25, 0.3) is 5.56 Å². The van der Waals surface area contributed by atoms with Crippen molar-refractivity contribution >= 4 is 22.5 Å². The smallest absolute Gasteiger partial charge is 0.303 e. The van der Waals surface area contributed by atoms with Crippen LogP contribution in [0.3, 0.4) is 0 Å². The number of carbonyl (C=O) groups is 1. The van der Waals surface area contributed by atoms with E-state index >= 15 is 0 Å². The number of hydrogen-bond donors (Lipinski definition) is 1. The molecule has 1 N–H and O–H groups in total. The molecule has 0 radical (unpaired) electrons. The summed E-state index contributed by atoms with van der Waals surface area (Å²) in [6.45, 7) is 3.97. The highest BCUT2D eigenvalue weighted by molar-refractivity contribution is 5.91. The zero-order valence-electron chi connectivity index (χ0n) is 15.5. The number of nitrogens with zero attached hydrogens (tertiary/aromatic N) is 4. The fraction of sp³-hybridized carbons (Fsp3) is 0.190. The molecule has 0 atom stereocenters. The van der Waals surface area contributed by atoms with Crippen LogP contribution in [0.1, 0.15) is 23.4 Å². The van der Waals surface area contributed by atoms with Crippen LogP contribution in [-0.4, -0.2) is 30.7 Å². The highest BCUT2D eigenvalue weighted by atomic mass is 16.4. The molecule has 4 aromatic rings. The molecule has 28 heavy (non-hydrogen) atoms. The van der Waals surface area contributed by atoms with Gasteiger partial charge < -0.3 is 5.11 Å². The second-order valence-electron chi connectivity index (χ2n) is 6.74. The van der Waals surface area contributed by atoms with Crippen molar-refractivity contribution in [1.82, 2.24) is 19.6 Å². The van der Waals surface area contributed by atoms with Crippen molar-refractivity contribution in [3.05, 3.63) is 69.8 Å². The molecule has 0 unspecified atom stereocenters. The standard InChI is InChI=1S/C21H18N4O3/c1-12-7-8-14(11-13(12)2)19-21(28)23-20-15-5-3-4-6-16(15)22-17(25(20)24-19)9-10-18(26)27/h3-8,11H,9-10H2,1-2H3,(H,26,27). The molecule has 0 aliphatic rings. The fourth-order valence-electron chi connectivity index (χ4n) is 3.14. The summed E-state index contributed by atoms with van der Waals surface area (Å²) in [5.41, 5.74) is 3.66. The number of aromatic nitrogens is 4. The predicted molar refractivity (Wildman–Crippen MR) is 105 cm³/mol. The molecule has 2 aromatic heterocycles. The first-order valence-corrected chi connectivity index (χ1v) is 8.92. The molecular formula is C21H18N4O3. The molecular weight excluding hydrogens is 356 g/mol. The zero-order chi connectivity index (χ0) is 19.8. The molecule has 0 saturated carbocycles. The summed E-state index contributed by atoms with van der Waals surface area (Å²) in [5, 5.41) is 14.3. The van der Waals surface area contributed by atoms with Crippen molar-refractivity contribution in [3.8, 4) is 11.3 Å². The lowest BCUT2D eigenvalue weighted by atomic mass is 10.0. The summed E-state index contributed by atoms with van der Waals surface area (Å²) in [6, 6.07) is 13.0. The van der Waals surface area contributed by atoms with Gasteiger partial charge in [0.1, 0.15) is 5.82 Å². The number of fused-ring (bicyclic) bond motifs is 3. The number of hydrogen-bond acceptors (Lipinski definition) is 5. The van der Waals surface area contributed by atoms with Gasteiger partial charge in [-0.1, -0.05) is 24.3 Å². The Morgan fingerprint density at radius 1 is 1.07 bits per heavy atom. The second kappa shape index (κ2) is 6.84. The van der Waals surface area contributed by atoms with Gasteiger partial charge in [0.05, 0.1) is 11.9 Å². The van der Waals surface area contributed by atoms with Gasteiger partial charge in [-0.3, -0.25) is 9.59 Å². The molecule has 2 heterocycles. The molecule has 0 bridgehead atoms. The van der Waals surface area contributed by atoms with E-state index in [2.05, 4.69) is 15.1 Å². The normalized spacial score (nSPS) is 11.2. The SMILES string of the molecule is Cc1ccc(-c2nn3c(CCC(=O)O)nc4ccccc4c3nc2=O)cc1C.